The second kappa shape index (κ2) is 4.02. The van der Waals surface area contributed by atoms with Crippen molar-refractivity contribution in [3.63, 3.8) is 0 Å². The Hall–Kier alpha value is -0.980. The van der Waals surface area contributed by atoms with Crippen molar-refractivity contribution >= 4 is 0 Å². The molecule has 0 spiro atoms. The number of hydrogen-bond acceptors (Lipinski definition) is 1. The highest BCUT2D eigenvalue weighted by atomic mass is 14.8. The maximum Gasteiger partial charge on any atom is 0.0180 e. The Morgan fingerprint density at radius 2 is 2.36 bits per heavy atom. The summed E-state index contributed by atoms with van der Waals surface area (Å²) in [6.07, 6.45) is 10.9. The molecule has 0 fully saturated rings. The third-order valence-corrected chi connectivity index (χ3v) is 1.85. The molecule has 0 saturated carbocycles. The fourth-order valence-electron chi connectivity index (χ4n) is 1.29. The van der Waals surface area contributed by atoms with Crippen LogP contribution < -0.4 is 5.32 Å². The molecule has 0 amide bonds. The SMILES string of the molecule is C/C=C\C1=C(NC)CCC=C1. The molecule has 0 radical (unpaired) electrons. The highest BCUT2D eigenvalue weighted by Crippen LogP contribution is 2.16. The molecule has 1 N–H and O–H groups in total. The van der Waals surface area contributed by atoms with Crippen molar-refractivity contribution in [2.75, 3.05) is 7.05 Å². The molecule has 0 atom stereocenters. The molecule has 0 saturated heterocycles. The smallest absolute Gasteiger partial charge is 0.0180 e. The molecular formula is C10H15N. The molecule has 1 rings (SSSR count). The lowest BCUT2D eigenvalue weighted by molar-refractivity contribution is 0.830. The standard InChI is InChI=1S/C10H15N/c1-3-6-9-7-4-5-8-10(9)11-2/h3-4,6-7,11H,5,8H2,1-2H3/b6-3-. The average molecular weight is 149 g/mol. The van der Waals surface area contributed by atoms with Gasteiger partial charge in [0.25, 0.3) is 0 Å². The first-order chi connectivity index (χ1) is 5.38. The van der Waals surface area contributed by atoms with Crippen molar-refractivity contribution in [2.24, 2.45) is 0 Å². The Morgan fingerprint density at radius 1 is 1.55 bits per heavy atom. The number of nitrogens with one attached hydrogen (secondary N) is 1. The summed E-state index contributed by atoms with van der Waals surface area (Å²) in [5, 5.41) is 3.22. The molecule has 1 aliphatic carbocycles. The van der Waals surface area contributed by atoms with Crippen LogP contribution in [0.15, 0.2) is 35.6 Å². The topological polar surface area (TPSA) is 12.0 Å². The highest BCUT2D eigenvalue weighted by molar-refractivity contribution is 5.37. The van der Waals surface area contributed by atoms with Crippen LogP contribution in [-0.2, 0) is 0 Å². The first-order valence-electron chi connectivity index (χ1n) is 4.08. The van der Waals surface area contributed by atoms with E-state index in [0.29, 0.717) is 0 Å². The number of allylic oxidation sites excluding steroid dienone is 6. The van der Waals surface area contributed by atoms with Crippen molar-refractivity contribution in [2.45, 2.75) is 19.8 Å². The van der Waals surface area contributed by atoms with E-state index in [4.69, 9.17) is 0 Å². The van der Waals surface area contributed by atoms with E-state index in [1.807, 2.05) is 14.0 Å². The monoisotopic (exact) mass is 149 g/mol. The molecule has 0 bridgehead atoms. The van der Waals surface area contributed by atoms with Crippen molar-refractivity contribution in [1.82, 2.24) is 5.32 Å². The third kappa shape index (κ3) is 1.97. The van der Waals surface area contributed by atoms with E-state index in [9.17, 15) is 0 Å². The van der Waals surface area contributed by atoms with Gasteiger partial charge in [0.2, 0.25) is 0 Å². The first-order valence-corrected chi connectivity index (χ1v) is 4.08. The maximum absolute atomic E-state index is 3.22. The van der Waals surface area contributed by atoms with Gasteiger partial charge in [0.1, 0.15) is 0 Å². The minimum atomic E-state index is 1.15. The molecule has 0 unspecified atom stereocenters. The van der Waals surface area contributed by atoms with Crippen molar-refractivity contribution in [3.05, 3.63) is 35.6 Å². The van der Waals surface area contributed by atoms with E-state index >= 15 is 0 Å². The maximum atomic E-state index is 3.22. The van der Waals surface area contributed by atoms with E-state index in [1.54, 1.807) is 0 Å². The van der Waals surface area contributed by atoms with Crippen molar-refractivity contribution in [1.29, 1.82) is 0 Å². The van der Waals surface area contributed by atoms with Crippen LogP contribution in [0.25, 0.3) is 0 Å². The van der Waals surface area contributed by atoms with Crippen LogP contribution in [0.4, 0.5) is 0 Å². The lowest BCUT2D eigenvalue weighted by atomic mass is 10.0. The number of hydrogen-bond donors (Lipinski definition) is 1. The van der Waals surface area contributed by atoms with Crippen molar-refractivity contribution < 1.29 is 0 Å². The van der Waals surface area contributed by atoms with Crippen LogP contribution in [0, 0.1) is 0 Å². The molecule has 11 heavy (non-hydrogen) atoms. The van der Waals surface area contributed by atoms with Gasteiger partial charge in [-0.05, 0) is 25.3 Å². The summed E-state index contributed by atoms with van der Waals surface area (Å²) >= 11 is 0. The van der Waals surface area contributed by atoms with Crippen molar-refractivity contribution in [3.8, 4) is 0 Å². The Bertz CT molecular complexity index is 205. The predicted molar refractivity (Wildman–Crippen MR) is 49.3 cm³/mol. The van der Waals surface area contributed by atoms with Gasteiger partial charge in [-0.25, -0.2) is 0 Å². The molecule has 0 aliphatic heterocycles. The fraction of sp³-hybridized carbons (Fsp3) is 0.400. The van der Waals surface area contributed by atoms with Crippen LogP contribution >= 0.6 is 0 Å². The molecule has 1 heteroatoms. The minimum absolute atomic E-state index is 1.15. The van der Waals surface area contributed by atoms with Gasteiger partial charge in [-0.1, -0.05) is 24.3 Å². The van der Waals surface area contributed by atoms with E-state index in [2.05, 4.69) is 29.6 Å². The average Bonchev–Trinajstić information content (AvgIpc) is 2.06. The zero-order valence-electron chi connectivity index (χ0n) is 7.22. The summed E-state index contributed by atoms with van der Waals surface area (Å²) < 4.78 is 0. The van der Waals surface area contributed by atoms with Gasteiger partial charge in [0, 0.05) is 12.7 Å². The first kappa shape index (κ1) is 8.12. The van der Waals surface area contributed by atoms with Crippen LogP contribution in [0.5, 0.6) is 0 Å². The molecule has 1 aliphatic rings. The lowest BCUT2D eigenvalue weighted by Gasteiger charge is -2.12. The summed E-state index contributed by atoms with van der Waals surface area (Å²) in [7, 11) is 1.98. The van der Waals surface area contributed by atoms with Gasteiger partial charge in [0.15, 0.2) is 0 Å². The summed E-state index contributed by atoms with van der Waals surface area (Å²) in [5.41, 5.74) is 2.67. The summed E-state index contributed by atoms with van der Waals surface area (Å²) in [6.45, 7) is 2.04. The van der Waals surface area contributed by atoms with E-state index in [-0.39, 0.29) is 0 Å². The predicted octanol–water partition coefficient (Wildman–Crippen LogP) is 2.39. The largest absolute Gasteiger partial charge is 0.391 e. The molecule has 0 aromatic rings. The quantitative estimate of drug-likeness (QED) is 0.635. The zero-order valence-corrected chi connectivity index (χ0v) is 7.22. The summed E-state index contributed by atoms with van der Waals surface area (Å²) in [6, 6.07) is 0. The molecule has 1 nitrogen and oxygen atoms in total. The zero-order chi connectivity index (χ0) is 8.10. The molecule has 60 valence electrons. The van der Waals surface area contributed by atoms with Crippen LogP contribution in [0.2, 0.25) is 0 Å². The summed E-state index contributed by atoms with van der Waals surface area (Å²) in [4.78, 5) is 0. The number of rotatable bonds is 2. The van der Waals surface area contributed by atoms with E-state index in [1.165, 1.54) is 11.3 Å². The second-order valence-electron chi connectivity index (χ2n) is 2.62. The highest BCUT2D eigenvalue weighted by Gasteiger charge is 2.02. The van der Waals surface area contributed by atoms with Crippen LogP contribution in [-0.4, -0.2) is 7.05 Å². The fourth-order valence-corrected chi connectivity index (χ4v) is 1.29. The summed E-state index contributed by atoms with van der Waals surface area (Å²) in [5.74, 6) is 0. The van der Waals surface area contributed by atoms with Gasteiger partial charge in [0.05, 0.1) is 0 Å². The van der Waals surface area contributed by atoms with Gasteiger partial charge in [-0.2, -0.15) is 0 Å². The second-order valence-corrected chi connectivity index (χ2v) is 2.62. The van der Waals surface area contributed by atoms with E-state index < -0.39 is 0 Å². The van der Waals surface area contributed by atoms with Crippen LogP contribution in [0.1, 0.15) is 19.8 Å². The molecule has 0 heterocycles. The van der Waals surface area contributed by atoms with Crippen LogP contribution in [0.3, 0.4) is 0 Å². The Morgan fingerprint density at radius 3 is 3.00 bits per heavy atom. The molecule has 0 aromatic carbocycles. The normalized spacial score (nSPS) is 18.0. The van der Waals surface area contributed by atoms with Gasteiger partial charge in [-0.3, -0.25) is 0 Å². The minimum Gasteiger partial charge on any atom is -0.391 e. The Labute approximate surface area is 68.5 Å². The lowest BCUT2D eigenvalue weighted by Crippen LogP contribution is -2.09. The third-order valence-electron chi connectivity index (χ3n) is 1.85. The Balaban J connectivity index is 2.82. The van der Waals surface area contributed by atoms with E-state index in [0.717, 1.165) is 12.8 Å². The molecular weight excluding hydrogens is 134 g/mol. The Kier molecular flexibility index (Phi) is 2.96. The molecule has 0 aromatic heterocycles. The van der Waals surface area contributed by atoms with Gasteiger partial charge >= 0.3 is 0 Å². The van der Waals surface area contributed by atoms with Gasteiger partial charge in [-0.15, -0.1) is 0 Å². The van der Waals surface area contributed by atoms with Gasteiger partial charge < -0.3 is 5.32 Å².